The molecule has 0 atom stereocenters. The third-order valence-corrected chi connectivity index (χ3v) is 3.49. The van der Waals surface area contributed by atoms with E-state index in [1.165, 1.54) is 32.1 Å². The molecule has 0 saturated heterocycles. The van der Waals surface area contributed by atoms with Gasteiger partial charge in [0.25, 0.3) is 0 Å². The van der Waals surface area contributed by atoms with Gasteiger partial charge in [0, 0.05) is 6.42 Å². The molecule has 0 rings (SSSR count). The van der Waals surface area contributed by atoms with Gasteiger partial charge in [0.1, 0.15) is 6.54 Å². The molecule has 23 heavy (non-hydrogen) atoms. The van der Waals surface area contributed by atoms with Crippen molar-refractivity contribution in [1.82, 2.24) is 4.90 Å². The zero-order valence-corrected chi connectivity index (χ0v) is 17.6. The number of carbonyl (C=O) groups is 3. The number of hydrogen-bond donors (Lipinski definition) is 1. The van der Waals surface area contributed by atoms with Crippen molar-refractivity contribution < 1.29 is 76.0 Å². The minimum Gasteiger partial charge on any atom is -0.548 e. The second-order valence-electron chi connectivity index (χ2n) is 5.59. The standard InChI is InChI=1S/C16H29NO5.K/c1-2-3-4-5-6-7-8-9-10-11-14(18)17(12-15(19)20)13-16(21)22;/h2-13H2,1H3,(H,19,20)(H,21,22);/q;+1/p-1. The van der Waals surface area contributed by atoms with E-state index in [-0.39, 0.29) is 57.8 Å². The first-order valence-electron chi connectivity index (χ1n) is 8.16. The van der Waals surface area contributed by atoms with Crippen molar-refractivity contribution in [1.29, 1.82) is 0 Å². The summed E-state index contributed by atoms with van der Waals surface area (Å²) < 4.78 is 0. The van der Waals surface area contributed by atoms with Gasteiger partial charge < -0.3 is 19.9 Å². The molecule has 7 heteroatoms. The minimum absolute atomic E-state index is 0. The van der Waals surface area contributed by atoms with Gasteiger partial charge in [0.2, 0.25) is 5.91 Å². The van der Waals surface area contributed by atoms with Gasteiger partial charge in [-0.25, -0.2) is 0 Å². The van der Waals surface area contributed by atoms with Crippen molar-refractivity contribution in [3.05, 3.63) is 0 Å². The van der Waals surface area contributed by atoms with E-state index in [2.05, 4.69) is 6.92 Å². The van der Waals surface area contributed by atoms with Gasteiger partial charge in [-0.05, 0) is 6.42 Å². The first-order valence-corrected chi connectivity index (χ1v) is 8.16. The molecule has 0 fully saturated rings. The number of aliphatic carboxylic acids is 2. The van der Waals surface area contributed by atoms with Crippen molar-refractivity contribution in [3.8, 4) is 0 Å². The van der Waals surface area contributed by atoms with E-state index in [0.717, 1.165) is 24.2 Å². The molecule has 0 aromatic rings. The van der Waals surface area contributed by atoms with Crippen molar-refractivity contribution in [2.24, 2.45) is 0 Å². The summed E-state index contributed by atoms with van der Waals surface area (Å²) in [4.78, 5) is 33.7. The Morgan fingerprint density at radius 1 is 0.870 bits per heavy atom. The summed E-state index contributed by atoms with van der Waals surface area (Å²) in [5, 5.41) is 19.2. The van der Waals surface area contributed by atoms with E-state index in [1.807, 2.05) is 0 Å². The molecule has 0 aliphatic carbocycles. The van der Waals surface area contributed by atoms with E-state index in [9.17, 15) is 19.5 Å². The Morgan fingerprint density at radius 2 is 1.35 bits per heavy atom. The molecule has 0 bridgehead atoms. The van der Waals surface area contributed by atoms with Crippen LogP contribution in [0.2, 0.25) is 0 Å². The fraction of sp³-hybridized carbons (Fsp3) is 0.812. The predicted octanol–water partition coefficient (Wildman–Crippen LogP) is -1.43. The molecule has 0 saturated carbocycles. The third-order valence-electron chi connectivity index (χ3n) is 3.49. The van der Waals surface area contributed by atoms with Crippen molar-refractivity contribution in [2.45, 2.75) is 71.1 Å². The third kappa shape index (κ3) is 16.7. The van der Waals surface area contributed by atoms with Crippen molar-refractivity contribution in [2.75, 3.05) is 13.1 Å². The quantitative estimate of drug-likeness (QED) is 0.305. The van der Waals surface area contributed by atoms with Crippen LogP contribution in [0.15, 0.2) is 0 Å². The molecule has 0 aliphatic heterocycles. The van der Waals surface area contributed by atoms with Gasteiger partial charge in [-0.1, -0.05) is 58.3 Å². The monoisotopic (exact) mass is 353 g/mol. The van der Waals surface area contributed by atoms with Gasteiger partial charge in [0.15, 0.2) is 0 Å². The molecule has 0 spiro atoms. The fourth-order valence-electron chi connectivity index (χ4n) is 2.30. The Labute approximate surface area is 181 Å². The maximum absolute atomic E-state index is 11.8. The summed E-state index contributed by atoms with van der Waals surface area (Å²) >= 11 is 0. The van der Waals surface area contributed by atoms with Gasteiger partial charge in [-0.15, -0.1) is 0 Å². The van der Waals surface area contributed by atoms with Crippen molar-refractivity contribution in [3.63, 3.8) is 0 Å². The van der Waals surface area contributed by atoms with Crippen LogP contribution in [0.3, 0.4) is 0 Å². The first-order chi connectivity index (χ1) is 10.5. The van der Waals surface area contributed by atoms with Gasteiger partial charge in [-0.3, -0.25) is 9.59 Å². The zero-order chi connectivity index (χ0) is 16.8. The van der Waals surface area contributed by atoms with Gasteiger partial charge in [0.05, 0.1) is 12.5 Å². The van der Waals surface area contributed by atoms with E-state index in [1.54, 1.807) is 0 Å². The largest absolute Gasteiger partial charge is 1.00 e. The maximum Gasteiger partial charge on any atom is 1.00 e. The van der Waals surface area contributed by atoms with Crippen LogP contribution in [-0.2, 0) is 14.4 Å². The molecule has 0 aliphatic rings. The minimum atomic E-state index is -1.44. The smallest absolute Gasteiger partial charge is 0.548 e. The van der Waals surface area contributed by atoms with E-state index >= 15 is 0 Å². The van der Waals surface area contributed by atoms with Crippen LogP contribution >= 0.6 is 0 Å². The average molecular weight is 354 g/mol. The van der Waals surface area contributed by atoms with Crippen LogP contribution in [-0.4, -0.2) is 40.9 Å². The molecule has 0 unspecified atom stereocenters. The van der Waals surface area contributed by atoms with E-state index in [0.29, 0.717) is 6.42 Å². The van der Waals surface area contributed by atoms with E-state index in [4.69, 9.17) is 5.11 Å². The SMILES string of the molecule is CCCCCCCCCCCC(=O)N(CC(=O)[O-])CC(=O)O.[K+]. The molecule has 128 valence electrons. The van der Waals surface area contributed by atoms with E-state index < -0.39 is 30.9 Å². The van der Waals surface area contributed by atoms with Crippen LogP contribution < -0.4 is 56.5 Å². The summed E-state index contributed by atoms with van der Waals surface area (Å²) in [7, 11) is 0. The average Bonchev–Trinajstić information content (AvgIpc) is 2.43. The van der Waals surface area contributed by atoms with Crippen LogP contribution in [0.5, 0.6) is 0 Å². The molecule has 6 nitrogen and oxygen atoms in total. The molecule has 0 aromatic carbocycles. The summed E-state index contributed by atoms with van der Waals surface area (Å²) in [6, 6.07) is 0. The first kappa shape index (κ1) is 25.3. The predicted molar refractivity (Wildman–Crippen MR) is 81.1 cm³/mol. The number of unbranched alkanes of at least 4 members (excludes halogenated alkanes) is 8. The summed E-state index contributed by atoms with van der Waals surface area (Å²) in [5.41, 5.74) is 0. The molecule has 1 amide bonds. The molecule has 0 aromatic heterocycles. The second-order valence-corrected chi connectivity index (χ2v) is 5.59. The molecular weight excluding hydrogens is 325 g/mol. The number of carboxylic acids is 2. The molecule has 1 N–H and O–H groups in total. The Bertz CT molecular complexity index is 333. The maximum atomic E-state index is 11.8. The summed E-state index contributed by atoms with van der Waals surface area (Å²) in [6.07, 6.45) is 10.2. The number of amides is 1. The van der Waals surface area contributed by atoms with Crippen LogP contribution in [0.4, 0.5) is 0 Å². The Balaban J connectivity index is 0. The fourth-order valence-corrected chi connectivity index (χ4v) is 2.30. The normalized spacial score (nSPS) is 9.96. The van der Waals surface area contributed by atoms with Crippen LogP contribution in [0.1, 0.15) is 71.1 Å². The summed E-state index contributed by atoms with van der Waals surface area (Å²) in [5.74, 6) is -3.10. The molecule has 0 radical (unpaired) electrons. The van der Waals surface area contributed by atoms with Crippen molar-refractivity contribution >= 4 is 17.8 Å². The zero-order valence-electron chi connectivity index (χ0n) is 14.5. The number of carbonyl (C=O) groups excluding carboxylic acids is 2. The molecular formula is C16H28KNO5. The number of hydrogen-bond acceptors (Lipinski definition) is 4. The number of carboxylic acid groups (broad SMARTS) is 2. The Hall–Kier alpha value is 0.0464. The second kappa shape index (κ2) is 16.9. The summed E-state index contributed by atoms with van der Waals surface area (Å²) in [6.45, 7) is 0.928. The Kier molecular flexibility index (Phi) is 18.6. The number of nitrogens with zero attached hydrogens (tertiary/aromatic N) is 1. The van der Waals surface area contributed by atoms with Crippen LogP contribution in [0.25, 0.3) is 0 Å². The Morgan fingerprint density at radius 3 is 1.78 bits per heavy atom. The van der Waals surface area contributed by atoms with Crippen LogP contribution in [0, 0.1) is 0 Å². The topological polar surface area (TPSA) is 97.7 Å². The van der Waals surface area contributed by atoms with Gasteiger partial charge in [-0.2, -0.15) is 0 Å². The van der Waals surface area contributed by atoms with Gasteiger partial charge >= 0.3 is 57.4 Å². The number of rotatable bonds is 14. The molecule has 0 heterocycles.